The van der Waals surface area contributed by atoms with E-state index in [0.717, 1.165) is 21.0 Å². The number of aromatic nitrogens is 3. The molecule has 0 saturated carbocycles. The Bertz CT molecular complexity index is 1260. The monoisotopic (exact) mass is 362 g/mol. The van der Waals surface area contributed by atoms with Crippen LogP contribution in [0, 0.1) is 0 Å². The highest BCUT2D eigenvalue weighted by atomic mass is 16.7. The normalized spacial score (nSPS) is 12.6. The fraction of sp³-hybridized carbons (Fsp3) is 0.105. The second-order valence-corrected chi connectivity index (χ2v) is 6.18. The number of carbonyl (C=O) groups is 1. The lowest BCUT2D eigenvalue weighted by molar-refractivity contribution is -0.117. The number of benzene rings is 2. The van der Waals surface area contributed by atoms with E-state index in [2.05, 4.69) is 15.4 Å². The van der Waals surface area contributed by atoms with Crippen molar-refractivity contribution in [1.29, 1.82) is 0 Å². The first-order valence-corrected chi connectivity index (χ1v) is 8.35. The number of hydrogen-bond acceptors (Lipinski definition) is 5. The zero-order valence-electron chi connectivity index (χ0n) is 14.1. The second-order valence-electron chi connectivity index (χ2n) is 6.18. The summed E-state index contributed by atoms with van der Waals surface area (Å²) in [5.74, 6) is 0.844. The number of amides is 1. The number of H-pyrrole nitrogens is 1. The molecule has 0 atom stereocenters. The Morgan fingerprint density at radius 2 is 2.00 bits per heavy atom. The number of nitrogens with zero attached hydrogens (tertiary/aromatic N) is 2. The van der Waals surface area contributed by atoms with Gasteiger partial charge in [0.05, 0.1) is 6.20 Å². The van der Waals surface area contributed by atoms with Crippen LogP contribution < -0.4 is 20.3 Å². The SMILES string of the molecule is O=C(Cn1ncc2c([nH]c3ccccc32)c1=O)Nc1ccc2c(c1)OCO2. The first-order valence-electron chi connectivity index (χ1n) is 8.35. The Hall–Kier alpha value is -3.81. The number of fused-ring (bicyclic) bond motifs is 4. The Morgan fingerprint density at radius 1 is 1.15 bits per heavy atom. The van der Waals surface area contributed by atoms with Crippen molar-refractivity contribution in [2.75, 3.05) is 12.1 Å². The van der Waals surface area contributed by atoms with Gasteiger partial charge in [-0.2, -0.15) is 5.10 Å². The lowest BCUT2D eigenvalue weighted by Gasteiger charge is -2.07. The molecule has 0 aliphatic carbocycles. The van der Waals surface area contributed by atoms with Crippen molar-refractivity contribution in [3.05, 3.63) is 59.0 Å². The Kier molecular flexibility index (Phi) is 3.36. The molecule has 2 aromatic heterocycles. The number of carbonyl (C=O) groups excluding carboxylic acids is 1. The zero-order valence-corrected chi connectivity index (χ0v) is 14.1. The summed E-state index contributed by atoms with van der Waals surface area (Å²) >= 11 is 0. The van der Waals surface area contributed by atoms with Crippen LogP contribution in [0.2, 0.25) is 0 Å². The fourth-order valence-electron chi connectivity index (χ4n) is 3.20. The third kappa shape index (κ3) is 2.58. The Labute approximate surface area is 152 Å². The van der Waals surface area contributed by atoms with E-state index in [9.17, 15) is 9.59 Å². The van der Waals surface area contributed by atoms with Gasteiger partial charge in [0.2, 0.25) is 12.7 Å². The van der Waals surface area contributed by atoms with Gasteiger partial charge in [0.25, 0.3) is 5.56 Å². The summed E-state index contributed by atoms with van der Waals surface area (Å²) in [4.78, 5) is 28.1. The van der Waals surface area contributed by atoms with Gasteiger partial charge in [-0.25, -0.2) is 4.68 Å². The molecule has 0 spiro atoms. The van der Waals surface area contributed by atoms with Gasteiger partial charge in [-0.1, -0.05) is 18.2 Å². The van der Waals surface area contributed by atoms with Crippen molar-refractivity contribution in [2.45, 2.75) is 6.54 Å². The van der Waals surface area contributed by atoms with Crippen LogP contribution in [-0.4, -0.2) is 27.5 Å². The minimum Gasteiger partial charge on any atom is -0.454 e. The maximum Gasteiger partial charge on any atom is 0.291 e. The molecule has 0 unspecified atom stereocenters. The predicted octanol–water partition coefficient (Wildman–Crippen LogP) is 2.25. The topological polar surface area (TPSA) is 98.2 Å². The first-order chi connectivity index (χ1) is 13.2. The van der Waals surface area contributed by atoms with E-state index in [1.807, 2.05) is 24.3 Å². The highest BCUT2D eigenvalue weighted by molar-refractivity contribution is 6.06. The molecule has 0 bridgehead atoms. The summed E-state index contributed by atoms with van der Waals surface area (Å²) in [5, 5.41) is 8.55. The fourth-order valence-corrected chi connectivity index (χ4v) is 3.20. The molecule has 8 nitrogen and oxygen atoms in total. The summed E-state index contributed by atoms with van der Waals surface area (Å²) in [6.07, 6.45) is 1.60. The van der Waals surface area contributed by atoms with E-state index < -0.39 is 0 Å². The molecular formula is C19H14N4O4. The molecule has 4 aromatic rings. The standard InChI is InChI=1S/C19H14N4O4/c24-17(21-11-5-6-15-16(7-11)27-10-26-15)9-23-19(25)18-13(8-20-23)12-3-1-2-4-14(12)22-18/h1-8,22H,9-10H2,(H,21,24). The average Bonchev–Trinajstić information content (AvgIpc) is 3.28. The molecule has 2 N–H and O–H groups in total. The van der Waals surface area contributed by atoms with Crippen LogP contribution in [0.4, 0.5) is 5.69 Å². The molecule has 134 valence electrons. The average molecular weight is 362 g/mol. The molecule has 0 fully saturated rings. The smallest absolute Gasteiger partial charge is 0.291 e. The molecule has 5 rings (SSSR count). The largest absolute Gasteiger partial charge is 0.454 e. The van der Waals surface area contributed by atoms with Crippen LogP contribution in [0.15, 0.2) is 53.5 Å². The summed E-state index contributed by atoms with van der Waals surface area (Å²) in [7, 11) is 0. The van der Waals surface area contributed by atoms with Crippen LogP contribution in [0.25, 0.3) is 21.8 Å². The lowest BCUT2D eigenvalue weighted by Crippen LogP contribution is -2.29. The van der Waals surface area contributed by atoms with E-state index in [1.165, 1.54) is 0 Å². The minimum absolute atomic E-state index is 0.163. The zero-order chi connectivity index (χ0) is 18.4. The van der Waals surface area contributed by atoms with Gasteiger partial charge in [0.1, 0.15) is 12.1 Å². The highest BCUT2D eigenvalue weighted by Gasteiger charge is 2.15. The van der Waals surface area contributed by atoms with Crippen molar-refractivity contribution >= 4 is 33.4 Å². The van der Waals surface area contributed by atoms with Crippen molar-refractivity contribution in [2.24, 2.45) is 0 Å². The maximum absolute atomic E-state index is 12.7. The van der Waals surface area contributed by atoms with Crippen molar-refractivity contribution in [1.82, 2.24) is 14.8 Å². The first kappa shape index (κ1) is 15.4. The summed E-state index contributed by atoms with van der Waals surface area (Å²) in [6.45, 7) is -0.0326. The van der Waals surface area contributed by atoms with Crippen molar-refractivity contribution in [3.8, 4) is 11.5 Å². The minimum atomic E-state index is -0.362. The number of rotatable bonds is 3. The predicted molar refractivity (Wildman–Crippen MR) is 99.1 cm³/mol. The van der Waals surface area contributed by atoms with E-state index in [4.69, 9.17) is 9.47 Å². The van der Waals surface area contributed by atoms with Gasteiger partial charge >= 0.3 is 0 Å². The van der Waals surface area contributed by atoms with E-state index in [1.54, 1.807) is 24.4 Å². The van der Waals surface area contributed by atoms with E-state index in [-0.39, 0.29) is 24.8 Å². The molecule has 2 aromatic carbocycles. The van der Waals surface area contributed by atoms with E-state index >= 15 is 0 Å². The summed E-state index contributed by atoms with van der Waals surface area (Å²) < 4.78 is 11.7. The number of aromatic amines is 1. The number of anilines is 1. The number of nitrogens with one attached hydrogen (secondary N) is 2. The molecule has 8 heteroatoms. The van der Waals surface area contributed by atoms with Crippen molar-refractivity contribution in [3.63, 3.8) is 0 Å². The number of para-hydroxylation sites is 1. The molecule has 3 heterocycles. The van der Waals surface area contributed by atoms with Crippen LogP contribution in [0.5, 0.6) is 11.5 Å². The van der Waals surface area contributed by atoms with Crippen LogP contribution in [0.1, 0.15) is 0 Å². The Balaban J connectivity index is 1.42. The van der Waals surface area contributed by atoms with Gasteiger partial charge < -0.3 is 19.8 Å². The molecule has 0 radical (unpaired) electrons. The van der Waals surface area contributed by atoms with Gasteiger partial charge in [0, 0.05) is 28.0 Å². The molecule has 27 heavy (non-hydrogen) atoms. The highest BCUT2D eigenvalue weighted by Crippen LogP contribution is 2.34. The van der Waals surface area contributed by atoms with Gasteiger partial charge in [-0.15, -0.1) is 0 Å². The molecule has 1 aliphatic rings. The van der Waals surface area contributed by atoms with Gasteiger partial charge in [-0.3, -0.25) is 9.59 Å². The number of hydrogen-bond donors (Lipinski definition) is 2. The Morgan fingerprint density at radius 3 is 2.93 bits per heavy atom. The van der Waals surface area contributed by atoms with Crippen LogP contribution >= 0.6 is 0 Å². The molecular weight excluding hydrogens is 348 g/mol. The van der Waals surface area contributed by atoms with Crippen molar-refractivity contribution < 1.29 is 14.3 Å². The number of ether oxygens (including phenoxy) is 2. The van der Waals surface area contributed by atoms with Crippen LogP contribution in [0.3, 0.4) is 0 Å². The lowest BCUT2D eigenvalue weighted by atomic mass is 10.2. The third-order valence-electron chi connectivity index (χ3n) is 4.47. The molecule has 1 aliphatic heterocycles. The van der Waals surface area contributed by atoms with E-state index in [0.29, 0.717) is 22.7 Å². The quantitative estimate of drug-likeness (QED) is 0.582. The molecule has 1 amide bonds. The second kappa shape index (κ2) is 5.87. The van der Waals surface area contributed by atoms with Crippen LogP contribution in [-0.2, 0) is 11.3 Å². The van der Waals surface area contributed by atoms with Gasteiger partial charge in [-0.05, 0) is 18.2 Å². The summed E-state index contributed by atoms with van der Waals surface area (Å²) in [6, 6.07) is 12.7. The molecule has 0 saturated heterocycles. The third-order valence-corrected chi connectivity index (χ3v) is 4.47. The van der Waals surface area contributed by atoms with Gasteiger partial charge in [0.15, 0.2) is 11.5 Å². The summed E-state index contributed by atoms with van der Waals surface area (Å²) in [5.41, 5.74) is 1.50. The maximum atomic E-state index is 12.7.